The van der Waals surface area contributed by atoms with Crippen LogP contribution in [0.5, 0.6) is 0 Å². The summed E-state index contributed by atoms with van der Waals surface area (Å²) in [7, 11) is 3.98. The molecule has 0 saturated carbocycles. The molecule has 1 aliphatic rings. The van der Waals surface area contributed by atoms with Crippen LogP contribution in [-0.2, 0) is 9.53 Å². The van der Waals surface area contributed by atoms with Crippen LogP contribution in [0.15, 0.2) is 36.5 Å². The van der Waals surface area contributed by atoms with E-state index in [0.29, 0.717) is 17.4 Å². The monoisotopic (exact) mass is 347 g/mol. The quantitative estimate of drug-likeness (QED) is 0.469. The number of esters is 1. The Balaban J connectivity index is 2.23. The van der Waals surface area contributed by atoms with E-state index in [-0.39, 0.29) is 12.0 Å². The zero-order valence-corrected chi connectivity index (χ0v) is 15.3. The lowest BCUT2D eigenvalue weighted by molar-refractivity contribution is -0.148. The third-order valence-corrected chi connectivity index (χ3v) is 4.25. The van der Waals surface area contributed by atoms with Gasteiger partial charge in [0.1, 0.15) is 5.92 Å². The number of thiocarbonyl (C=S) groups is 1. The molecule has 0 spiro atoms. The molecule has 0 radical (unpaired) electrons. The molecule has 1 saturated heterocycles. The molecule has 2 rings (SSSR count). The van der Waals surface area contributed by atoms with Gasteiger partial charge in [0, 0.05) is 25.5 Å². The van der Waals surface area contributed by atoms with Crippen LogP contribution in [0.1, 0.15) is 31.4 Å². The second-order valence-electron chi connectivity index (χ2n) is 6.09. The lowest BCUT2D eigenvalue weighted by Gasteiger charge is -2.35. The third kappa shape index (κ3) is 4.26. The molecule has 0 unspecified atom stereocenters. The van der Waals surface area contributed by atoms with E-state index in [4.69, 9.17) is 17.0 Å². The lowest BCUT2D eigenvalue weighted by Crippen LogP contribution is -2.51. The van der Waals surface area contributed by atoms with Gasteiger partial charge >= 0.3 is 5.97 Å². The maximum absolute atomic E-state index is 12.5. The standard InChI is InChI=1S/C18H25N3O2S/c1-5-6-11-23-17(22)15-12(2)19-18(24)20-16(15)13-7-9-14(10-8-13)21(3)4/h7-10,15-16H,2,5-6,11H2,1,3-4H3,(H2,19,20,24)/t15-,16+/m0/s1. The number of carbonyl (C=O) groups excluding carboxylic acids is 1. The summed E-state index contributed by atoms with van der Waals surface area (Å²) in [6.45, 7) is 6.46. The molecular formula is C18H25N3O2S. The Kier molecular flexibility index (Phi) is 6.20. The van der Waals surface area contributed by atoms with Gasteiger partial charge in [-0.3, -0.25) is 4.79 Å². The van der Waals surface area contributed by atoms with Crippen LogP contribution in [0.25, 0.3) is 0 Å². The molecule has 1 fully saturated rings. The smallest absolute Gasteiger partial charge is 0.317 e. The van der Waals surface area contributed by atoms with Crippen molar-refractivity contribution < 1.29 is 9.53 Å². The van der Waals surface area contributed by atoms with Crippen LogP contribution in [-0.4, -0.2) is 31.8 Å². The first-order chi connectivity index (χ1) is 11.4. The SMILES string of the molecule is C=C1NC(=S)N[C@H](c2ccc(N(C)C)cc2)[C@H]1C(=O)OCCCC. The zero-order chi connectivity index (χ0) is 17.7. The highest BCUT2D eigenvalue weighted by atomic mass is 32.1. The highest BCUT2D eigenvalue weighted by Crippen LogP contribution is 2.31. The summed E-state index contributed by atoms with van der Waals surface area (Å²) in [6, 6.07) is 7.76. The predicted molar refractivity (Wildman–Crippen MR) is 101 cm³/mol. The van der Waals surface area contributed by atoms with E-state index in [2.05, 4.69) is 24.1 Å². The number of hydrogen-bond acceptors (Lipinski definition) is 4. The second kappa shape index (κ2) is 8.15. The molecule has 1 aliphatic heterocycles. The number of benzene rings is 1. The minimum Gasteiger partial charge on any atom is -0.465 e. The first-order valence-corrected chi connectivity index (χ1v) is 8.55. The van der Waals surface area contributed by atoms with Crippen molar-refractivity contribution in [3.63, 3.8) is 0 Å². The van der Waals surface area contributed by atoms with Gasteiger partial charge in [0.15, 0.2) is 5.11 Å². The van der Waals surface area contributed by atoms with Gasteiger partial charge in [-0.15, -0.1) is 0 Å². The van der Waals surface area contributed by atoms with Gasteiger partial charge < -0.3 is 20.3 Å². The number of carbonyl (C=O) groups is 1. The molecule has 2 N–H and O–H groups in total. The Bertz CT molecular complexity index is 613. The Labute approximate surface area is 149 Å². The average molecular weight is 347 g/mol. The lowest BCUT2D eigenvalue weighted by atomic mass is 9.89. The third-order valence-electron chi connectivity index (χ3n) is 4.03. The van der Waals surface area contributed by atoms with Crippen LogP contribution in [0.4, 0.5) is 5.69 Å². The van der Waals surface area contributed by atoms with E-state index in [1.807, 2.05) is 43.3 Å². The van der Waals surface area contributed by atoms with Crippen LogP contribution in [0.3, 0.4) is 0 Å². The molecule has 1 aromatic carbocycles. The van der Waals surface area contributed by atoms with Gasteiger partial charge in [0.25, 0.3) is 0 Å². The van der Waals surface area contributed by atoms with E-state index in [1.165, 1.54) is 0 Å². The van der Waals surface area contributed by atoms with E-state index >= 15 is 0 Å². The van der Waals surface area contributed by atoms with Crippen molar-refractivity contribution in [3.8, 4) is 0 Å². The van der Waals surface area contributed by atoms with Gasteiger partial charge in [-0.2, -0.15) is 0 Å². The van der Waals surface area contributed by atoms with Crippen LogP contribution in [0, 0.1) is 5.92 Å². The summed E-state index contributed by atoms with van der Waals surface area (Å²) < 4.78 is 5.41. The summed E-state index contributed by atoms with van der Waals surface area (Å²) in [5.74, 6) is -0.795. The van der Waals surface area contributed by atoms with Gasteiger partial charge in [-0.25, -0.2) is 0 Å². The Hall–Kier alpha value is -2.08. The summed E-state index contributed by atoms with van der Waals surface area (Å²) in [5.41, 5.74) is 2.64. The summed E-state index contributed by atoms with van der Waals surface area (Å²) in [6.07, 6.45) is 1.83. The second-order valence-corrected chi connectivity index (χ2v) is 6.49. The zero-order valence-electron chi connectivity index (χ0n) is 14.5. The Morgan fingerprint density at radius 2 is 2.00 bits per heavy atom. The average Bonchev–Trinajstić information content (AvgIpc) is 2.54. The molecule has 24 heavy (non-hydrogen) atoms. The van der Waals surface area contributed by atoms with Crippen molar-refractivity contribution in [1.29, 1.82) is 0 Å². The van der Waals surface area contributed by atoms with Crippen molar-refractivity contribution in [1.82, 2.24) is 10.6 Å². The maximum Gasteiger partial charge on any atom is 0.317 e. The van der Waals surface area contributed by atoms with Gasteiger partial charge in [-0.1, -0.05) is 32.1 Å². The van der Waals surface area contributed by atoms with E-state index < -0.39 is 5.92 Å². The van der Waals surface area contributed by atoms with Gasteiger partial charge in [-0.05, 0) is 36.3 Å². The fourth-order valence-electron chi connectivity index (χ4n) is 2.63. The van der Waals surface area contributed by atoms with E-state index in [9.17, 15) is 4.79 Å². The van der Waals surface area contributed by atoms with E-state index in [1.54, 1.807) is 0 Å². The van der Waals surface area contributed by atoms with Gasteiger partial charge in [0.05, 0.1) is 12.6 Å². The highest BCUT2D eigenvalue weighted by molar-refractivity contribution is 7.80. The molecule has 1 heterocycles. The van der Waals surface area contributed by atoms with E-state index in [0.717, 1.165) is 24.1 Å². The number of anilines is 1. The molecular weight excluding hydrogens is 322 g/mol. The van der Waals surface area contributed by atoms with Gasteiger partial charge in [0.2, 0.25) is 0 Å². The van der Waals surface area contributed by atoms with Crippen molar-refractivity contribution in [3.05, 3.63) is 42.1 Å². The predicted octanol–water partition coefficient (Wildman–Crippen LogP) is 2.74. The number of rotatable bonds is 6. The molecule has 0 aliphatic carbocycles. The molecule has 0 aromatic heterocycles. The largest absolute Gasteiger partial charge is 0.465 e. The highest BCUT2D eigenvalue weighted by Gasteiger charge is 2.37. The number of nitrogens with zero attached hydrogens (tertiary/aromatic N) is 1. The first kappa shape index (κ1) is 18.3. The van der Waals surface area contributed by atoms with Crippen molar-refractivity contribution >= 4 is 29.0 Å². The summed E-state index contributed by atoms with van der Waals surface area (Å²) >= 11 is 5.23. The molecule has 0 amide bonds. The molecule has 1 aromatic rings. The number of nitrogens with one attached hydrogen (secondary N) is 2. The minimum absolute atomic E-state index is 0.280. The normalized spacial score (nSPS) is 20.1. The minimum atomic E-state index is -0.515. The molecule has 6 heteroatoms. The Morgan fingerprint density at radius 1 is 1.33 bits per heavy atom. The van der Waals surface area contributed by atoms with Crippen molar-refractivity contribution in [2.24, 2.45) is 5.92 Å². The fourth-order valence-corrected chi connectivity index (χ4v) is 2.88. The molecule has 5 nitrogen and oxygen atoms in total. The molecule has 2 atom stereocenters. The fraction of sp³-hybridized carbons (Fsp3) is 0.444. The van der Waals surface area contributed by atoms with Crippen molar-refractivity contribution in [2.45, 2.75) is 25.8 Å². The number of unbranched alkanes of at least 4 members (excludes halogenated alkanes) is 1. The topological polar surface area (TPSA) is 53.6 Å². The van der Waals surface area contributed by atoms with Crippen LogP contribution in [0.2, 0.25) is 0 Å². The molecule has 0 bridgehead atoms. The first-order valence-electron chi connectivity index (χ1n) is 8.14. The van der Waals surface area contributed by atoms with Crippen LogP contribution >= 0.6 is 12.2 Å². The van der Waals surface area contributed by atoms with Crippen LogP contribution < -0.4 is 15.5 Å². The Morgan fingerprint density at radius 3 is 2.58 bits per heavy atom. The molecule has 130 valence electrons. The maximum atomic E-state index is 12.5. The van der Waals surface area contributed by atoms with Crippen molar-refractivity contribution in [2.75, 3.05) is 25.6 Å². The summed E-state index contributed by atoms with van der Waals surface area (Å²) in [4.78, 5) is 14.6. The number of hydrogen-bond donors (Lipinski definition) is 2. The number of ether oxygens (including phenoxy) is 1. The summed E-state index contributed by atoms with van der Waals surface area (Å²) in [5, 5.41) is 6.60.